The summed E-state index contributed by atoms with van der Waals surface area (Å²) in [5, 5.41) is 10.7. The van der Waals surface area contributed by atoms with Gasteiger partial charge in [0.2, 0.25) is 0 Å². The van der Waals surface area contributed by atoms with Gasteiger partial charge in [-0.3, -0.25) is 9.59 Å². The van der Waals surface area contributed by atoms with Crippen molar-refractivity contribution in [3.8, 4) is 17.6 Å². The van der Waals surface area contributed by atoms with Crippen LogP contribution in [-0.4, -0.2) is 25.0 Å². The second-order valence-electron chi connectivity index (χ2n) is 4.44. The molecule has 0 heterocycles. The summed E-state index contributed by atoms with van der Waals surface area (Å²) in [5.74, 6) is 0.222. The number of carbonyl (C=O) groups excluding carboxylic acids is 2. The standard InChI is InChI=1S/C17H14N2O4/c18-10-11-22-16(20)12-19-17(21)13-6-8-15(9-7-13)23-14-4-2-1-3-5-14/h1-9H,11-12H2,(H,19,21). The molecule has 116 valence electrons. The molecule has 23 heavy (non-hydrogen) atoms. The summed E-state index contributed by atoms with van der Waals surface area (Å²) in [6, 6.07) is 17.5. The van der Waals surface area contributed by atoms with Crippen molar-refractivity contribution >= 4 is 11.9 Å². The number of para-hydroxylation sites is 1. The van der Waals surface area contributed by atoms with Crippen LogP contribution in [0.3, 0.4) is 0 Å². The summed E-state index contributed by atoms with van der Waals surface area (Å²) in [5.41, 5.74) is 0.387. The molecule has 0 aliphatic rings. The molecule has 0 bridgehead atoms. The topological polar surface area (TPSA) is 88.4 Å². The van der Waals surface area contributed by atoms with E-state index in [0.29, 0.717) is 17.1 Å². The second kappa shape index (κ2) is 8.20. The molecular weight excluding hydrogens is 296 g/mol. The summed E-state index contributed by atoms with van der Waals surface area (Å²) < 4.78 is 10.1. The number of carbonyl (C=O) groups is 2. The van der Waals surface area contributed by atoms with Crippen molar-refractivity contribution < 1.29 is 19.1 Å². The lowest BCUT2D eigenvalue weighted by Crippen LogP contribution is -2.30. The van der Waals surface area contributed by atoms with Gasteiger partial charge in [-0.05, 0) is 36.4 Å². The smallest absolute Gasteiger partial charge is 0.326 e. The zero-order chi connectivity index (χ0) is 16.5. The molecule has 6 nitrogen and oxygen atoms in total. The largest absolute Gasteiger partial charge is 0.457 e. The van der Waals surface area contributed by atoms with Crippen LogP contribution < -0.4 is 10.1 Å². The molecule has 0 saturated carbocycles. The van der Waals surface area contributed by atoms with E-state index in [2.05, 4.69) is 10.1 Å². The Hall–Kier alpha value is -3.33. The maximum absolute atomic E-state index is 11.9. The number of hydrogen-bond donors (Lipinski definition) is 1. The molecule has 0 unspecified atom stereocenters. The molecule has 0 saturated heterocycles. The minimum atomic E-state index is -0.663. The first-order valence-electron chi connectivity index (χ1n) is 6.83. The van der Waals surface area contributed by atoms with E-state index >= 15 is 0 Å². The van der Waals surface area contributed by atoms with Gasteiger partial charge in [0.25, 0.3) is 5.91 Å². The summed E-state index contributed by atoms with van der Waals surface area (Å²) >= 11 is 0. The van der Waals surface area contributed by atoms with Gasteiger partial charge in [-0.25, -0.2) is 0 Å². The van der Waals surface area contributed by atoms with E-state index in [-0.39, 0.29) is 13.2 Å². The fourth-order valence-corrected chi connectivity index (χ4v) is 1.72. The predicted octanol–water partition coefficient (Wildman–Crippen LogP) is 2.28. The van der Waals surface area contributed by atoms with Gasteiger partial charge in [-0.1, -0.05) is 18.2 Å². The number of nitrogens with one attached hydrogen (secondary N) is 1. The van der Waals surface area contributed by atoms with Crippen LogP contribution in [0.5, 0.6) is 11.5 Å². The quantitative estimate of drug-likeness (QED) is 0.827. The van der Waals surface area contributed by atoms with Crippen molar-refractivity contribution in [2.24, 2.45) is 0 Å². The Labute approximate surface area is 133 Å². The van der Waals surface area contributed by atoms with Crippen LogP contribution in [0.2, 0.25) is 0 Å². The highest BCUT2D eigenvalue weighted by Gasteiger charge is 2.09. The van der Waals surface area contributed by atoms with Gasteiger partial charge in [0.1, 0.15) is 24.1 Å². The zero-order valence-corrected chi connectivity index (χ0v) is 12.2. The molecule has 0 fully saturated rings. The number of benzene rings is 2. The van der Waals surface area contributed by atoms with Crippen LogP contribution in [0.4, 0.5) is 0 Å². The van der Waals surface area contributed by atoms with Crippen LogP contribution in [0.25, 0.3) is 0 Å². The van der Waals surface area contributed by atoms with E-state index in [1.165, 1.54) is 0 Å². The number of nitrogens with zero attached hydrogens (tertiary/aromatic N) is 1. The monoisotopic (exact) mass is 310 g/mol. The number of rotatable bonds is 6. The lowest BCUT2D eigenvalue weighted by molar-refractivity contribution is -0.140. The van der Waals surface area contributed by atoms with Gasteiger partial charge in [-0.15, -0.1) is 0 Å². The molecule has 0 radical (unpaired) electrons. The summed E-state index contributed by atoms with van der Waals surface area (Å²) in [4.78, 5) is 23.1. The minimum Gasteiger partial charge on any atom is -0.457 e. The van der Waals surface area contributed by atoms with Gasteiger partial charge in [0.05, 0.1) is 0 Å². The lowest BCUT2D eigenvalue weighted by atomic mass is 10.2. The van der Waals surface area contributed by atoms with Crippen LogP contribution in [0, 0.1) is 11.3 Å². The van der Waals surface area contributed by atoms with Crippen molar-refractivity contribution in [1.82, 2.24) is 5.32 Å². The first-order chi connectivity index (χ1) is 11.2. The van der Waals surface area contributed by atoms with Crippen LogP contribution in [-0.2, 0) is 9.53 Å². The zero-order valence-electron chi connectivity index (χ0n) is 12.2. The van der Waals surface area contributed by atoms with Gasteiger partial charge in [-0.2, -0.15) is 5.26 Å². The molecule has 2 rings (SSSR count). The van der Waals surface area contributed by atoms with E-state index in [4.69, 9.17) is 10.00 Å². The highest BCUT2D eigenvalue weighted by atomic mass is 16.5. The normalized spacial score (nSPS) is 9.52. The van der Waals surface area contributed by atoms with Crippen molar-refractivity contribution in [2.45, 2.75) is 0 Å². The highest BCUT2D eigenvalue weighted by molar-refractivity contribution is 5.96. The Morgan fingerprint density at radius 2 is 1.65 bits per heavy atom. The highest BCUT2D eigenvalue weighted by Crippen LogP contribution is 2.20. The number of esters is 1. The maximum Gasteiger partial charge on any atom is 0.326 e. The van der Waals surface area contributed by atoms with E-state index in [1.54, 1.807) is 30.3 Å². The van der Waals surface area contributed by atoms with E-state index < -0.39 is 11.9 Å². The average molecular weight is 310 g/mol. The van der Waals surface area contributed by atoms with Gasteiger partial charge in [0.15, 0.2) is 6.61 Å². The van der Waals surface area contributed by atoms with Crippen LogP contribution in [0.1, 0.15) is 10.4 Å². The summed E-state index contributed by atoms with van der Waals surface area (Å²) in [7, 11) is 0. The summed E-state index contributed by atoms with van der Waals surface area (Å²) in [6.45, 7) is -0.622. The number of ether oxygens (including phenoxy) is 2. The molecule has 1 amide bonds. The third-order valence-corrected chi connectivity index (χ3v) is 2.79. The van der Waals surface area contributed by atoms with E-state index in [9.17, 15) is 9.59 Å². The molecule has 2 aromatic rings. The average Bonchev–Trinajstić information content (AvgIpc) is 2.59. The van der Waals surface area contributed by atoms with Gasteiger partial charge in [0, 0.05) is 5.56 Å². The molecule has 0 aliphatic carbocycles. The third-order valence-electron chi connectivity index (χ3n) is 2.79. The van der Waals surface area contributed by atoms with Crippen molar-refractivity contribution in [3.05, 3.63) is 60.2 Å². The second-order valence-corrected chi connectivity index (χ2v) is 4.44. The maximum atomic E-state index is 11.9. The lowest BCUT2D eigenvalue weighted by Gasteiger charge is -2.07. The van der Waals surface area contributed by atoms with Crippen molar-refractivity contribution in [3.63, 3.8) is 0 Å². The Balaban J connectivity index is 1.88. The molecule has 0 spiro atoms. The Morgan fingerprint density at radius 3 is 2.30 bits per heavy atom. The Bertz CT molecular complexity index is 706. The molecule has 0 aromatic heterocycles. The Morgan fingerprint density at radius 1 is 1.00 bits per heavy atom. The predicted molar refractivity (Wildman–Crippen MR) is 81.9 cm³/mol. The van der Waals surface area contributed by atoms with Gasteiger partial charge >= 0.3 is 5.97 Å². The molecule has 1 N–H and O–H groups in total. The van der Waals surface area contributed by atoms with E-state index in [1.807, 2.05) is 30.3 Å². The summed E-state index contributed by atoms with van der Waals surface area (Å²) in [6.07, 6.45) is 0. The third kappa shape index (κ3) is 5.17. The number of amides is 1. The van der Waals surface area contributed by atoms with Crippen LogP contribution in [0.15, 0.2) is 54.6 Å². The van der Waals surface area contributed by atoms with Crippen molar-refractivity contribution in [2.75, 3.05) is 13.2 Å². The number of nitriles is 1. The molecule has 6 heteroatoms. The SMILES string of the molecule is N#CCOC(=O)CNC(=O)c1ccc(Oc2ccccc2)cc1. The fourth-order valence-electron chi connectivity index (χ4n) is 1.72. The Kier molecular flexibility index (Phi) is 5.72. The minimum absolute atomic E-state index is 0.289. The molecule has 2 aromatic carbocycles. The van der Waals surface area contributed by atoms with E-state index in [0.717, 1.165) is 0 Å². The molecule has 0 aliphatic heterocycles. The first kappa shape index (κ1) is 16.0. The van der Waals surface area contributed by atoms with Crippen LogP contribution >= 0.6 is 0 Å². The first-order valence-corrected chi connectivity index (χ1v) is 6.83. The number of hydrogen-bond acceptors (Lipinski definition) is 5. The van der Waals surface area contributed by atoms with Gasteiger partial charge < -0.3 is 14.8 Å². The van der Waals surface area contributed by atoms with Crippen molar-refractivity contribution in [1.29, 1.82) is 5.26 Å². The molecule has 0 atom stereocenters. The fraction of sp³-hybridized carbons (Fsp3) is 0.118. The molecular formula is C17H14N2O4.